The number of methoxy groups -OCH3 is 2. The number of amides is 1. The van der Waals surface area contributed by atoms with Crippen LogP contribution < -0.4 is 4.74 Å². The molecule has 0 spiro atoms. The molecule has 1 saturated heterocycles. The molecule has 0 aromatic heterocycles. The lowest BCUT2D eigenvalue weighted by molar-refractivity contribution is -0.150. The normalized spacial score (nSPS) is 19.5. The quantitative estimate of drug-likeness (QED) is 0.798. The summed E-state index contributed by atoms with van der Waals surface area (Å²) in [6, 6.07) is 3.01. The zero-order chi connectivity index (χ0) is 15.6. The molecule has 21 heavy (non-hydrogen) atoms. The summed E-state index contributed by atoms with van der Waals surface area (Å²) in [5, 5.41) is 0. The number of rotatable bonds is 4. The number of carbonyl (C=O) groups is 2. The highest BCUT2D eigenvalue weighted by atomic mass is 19.1. The number of hydrogen-bond acceptors (Lipinski definition) is 4. The van der Waals surface area contributed by atoms with Gasteiger partial charge in [-0.15, -0.1) is 0 Å². The number of benzene rings is 1. The first-order valence-corrected chi connectivity index (χ1v) is 6.72. The van der Waals surface area contributed by atoms with Gasteiger partial charge in [0.25, 0.3) is 0 Å². The molecule has 2 rings (SSSR count). The Hall–Kier alpha value is -2.11. The number of halogens is 1. The molecule has 0 N–H and O–H groups in total. The van der Waals surface area contributed by atoms with Crippen LogP contribution in [-0.4, -0.2) is 37.0 Å². The van der Waals surface area contributed by atoms with Crippen molar-refractivity contribution in [1.29, 1.82) is 0 Å². The number of likely N-dealkylation sites (tertiary alicyclic amines) is 1. The summed E-state index contributed by atoms with van der Waals surface area (Å²) in [5.41, 5.74) is 0.529. The van der Waals surface area contributed by atoms with Crippen molar-refractivity contribution in [1.82, 2.24) is 4.90 Å². The van der Waals surface area contributed by atoms with Gasteiger partial charge >= 0.3 is 5.97 Å². The maximum atomic E-state index is 13.5. The standard InChI is InChI=1S/C15H18FNO4/c1-9(11-8-10(16)4-6-13(11)20-2)17-12(15(19)21-3)5-7-14(17)18/h4,6,8-9,12H,5,7H2,1-3H3. The molecule has 2 unspecified atom stereocenters. The third-order valence-electron chi connectivity index (χ3n) is 3.79. The fourth-order valence-corrected chi connectivity index (χ4v) is 2.74. The third kappa shape index (κ3) is 2.84. The van der Waals surface area contributed by atoms with E-state index in [-0.39, 0.29) is 12.3 Å². The second-order valence-corrected chi connectivity index (χ2v) is 4.94. The Morgan fingerprint density at radius 1 is 1.43 bits per heavy atom. The van der Waals surface area contributed by atoms with E-state index in [1.165, 1.54) is 37.3 Å². The summed E-state index contributed by atoms with van der Waals surface area (Å²) < 4.78 is 23.5. The smallest absolute Gasteiger partial charge is 0.328 e. The lowest BCUT2D eigenvalue weighted by atomic mass is 10.0. The molecule has 1 aliphatic rings. The Labute approximate surface area is 122 Å². The van der Waals surface area contributed by atoms with Gasteiger partial charge in [-0.2, -0.15) is 0 Å². The first kappa shape index (κ1) is 15.3. The Morgan fingerprint density at radius 3 is 2.76 bits per heavy atom. The minimum Gasteiger partial charge on any atom is -0.496 e. The van der Waals surface area contributed by atoms with Crippen LogP contribution in [0.25, 0.3) is 0 Å². The highest BCUT2D eigenvalue weighted by Gasteiger charge is 2.40. The molecule has 1 fully saturated rings. The Morgan fingerprint density at radius 2 is 2.14 bits per heavy atom. The summed E-state index contributed by atoms with van der Waals surface area (Å²) in [7, 11) is 2.77. The topological polar surface area (TPSA) is 55.8 Å². The summed E-state index contributed by atoms with van der Waals surface area (Å²) in [5.74, 6) is -0.543. The minimum absolute atomic E-state index is 0.149. The highest BCUT2D eigenvalue weighted by Crippen LogP contribution is 2.35. The van der Waals surface area contributed by atoms with Gasteiger partial charge in [0.1, 0.15) is 17.6 Å². The van der Waals surface area contributed by atoms with Gasteiger partial charge in [0.05, 0.1) is 20.3 Å². The zero-order valence-electron chi connectivity index (χ0n) is 12.3. The van der Waals surface area contributed by atoms with Gasteiger partial charge in [-0.05, 0) is 31.5 Å². The number of nitrogens with zero attached hydrogens (tertiary/aromatic N) is 1. The van der Waals surface area contributed by atoms with Crippen LogP contribution in [0.4, 0.5) is 4.39 Å². The van der Waals surface area contributed by atoms with Crippen LogP contribution in [0.5, 0.6) is 5.75 Å². The summed E-state index contributed by atoms with van der Waals surface area (Å²) in [6.45, 7) is 1.75. The van der Waals surface area contributed by atoms with E-state index in [1.54, 1.807) is 6.92 Å². The molecule has 1 aliphatic heterocycles. The Bertz CT molecular complexity index is 561. The molecule has 1 aromatic rings. The van der Waals surface area contributed by atoms with Gasteiger partial charge in [-0.1, -0.05) is 0 Å². The lowest BCUT2D eigenvalue weighted by Crippen LogP contribution is -2.41. The molecular formula is C15H18FNO4. The minimum atomic E-state index is -0.634. The van der Waals surface area contributed by atoms with E-state index >= 15 is 0 Å². The number of carbonyl (C=O) groups excluding carboxylic acids is 2. The molecule has 2 atom stereocenters. The summed E-state index contributed by atoms with van der Waals surface area (Å²) in [6.07, 6.45) is 0.690. The van der Waals surface area contributed by atoms with E-state index in [0.29, 0.717) is 17.7 Å². The maximum Gasteiger partial charge on any atom is 0.328 e. The molecular weight excluding hydrogens is 277 g/mol. The van der Waals surface area contributed by atoms with E-state index < -0.39 is 23.9 Å². The molecule has 0 radical (unpaired) electrons. The number of ether oxygens (including phenoxy) is 2. The number of hydrogen-bond donors (Lipinski definition) is 0. The molecule has 1 heterocycles. The summed E-state index contributed by atoms with van der Waals surface area (Å²) >= 11 is 0. The lowest BCUT2D eigenvalue weighted by Gasteiger charge is -2.30. The van der Waals surface area contributed by atoms with E-state index in [0.717, 1.165) is 0 Å². The van der Waals surface area contributed by atoms with Crippen molar-refractivity contribution in [3.8, 4) is 5.75 Å². The van der Waals surface area contributed by atoms with Gasteiger partial charge < -0.3 is 14.4 Å². The van der Waals surface area contributed by atoms with Crippen molar-refractivity contribution >= 4 is 11.9 Å². The predicted octanol–water partition coefficient (Wildman–Crippen LogP) is 2.06. The van der Waals surface area contributed by atoms with Crippen LogP contribution in [0, 0.1) is 5.82 Å². The molecule has 5 nitrogen and oxygen atoms in total. The Balaban J connectivity index is 2.37. The van der Waals surface area contributed by atoms with Crippen LogP contribution in [0.3, 0.4) is 0 Å². The molecule has 6 heteroatoms. The monoisotopic (exact) mass is 295 g/mol. The fraction of sp³-hybridized carbons (Fsp3) is 0.467. The molecule has 0 bridgehead atoms. The van der Waals surface area contributed by atoms with Crippen LogP contribution in [0.2, 0.25) is 0 Å². The van der Waals surface area contributed by atoms with E-state index in [4.69, 9.17) is 9.47 Å². The van der Waals surface area contributed by atoms with Crippen molar-refractivity contribution in [2.24, 2.45) is 0 Å². The molecule has 1 amide bonds. The number of esters is 1. The molecule has 0 aliphatic carbocycles. The van der Waals surface area contributed by atoms with Gasteiger partial charge in [-0.3, -0.25) is 4.79 Å². The van der Waals surface area contributed by atoms with Gasteiger partial charge in [0.2, 0.25) is 5.91 Å². The van der Waals surface area contributed by atoms with Crippen LogP contribution in [-0.2, 0) is 14.3 Å². The van der Waals surface area contributed by atoms with E-state index in [9.17, 15) is 14.0 Å². The fourth-order valence-electron chi connectivity index (χ4n) is 2.74. The van der Waals surface area contributed by atoms with E-state index in [2.05, 4.69) is 0 Å². The molecule has 1 aromatic carbocycles. The zero-order valence-corrected chi connectivity index (χ0v) is 12.3. The Kier molecular flexibility index (Phi) is 4.45. The van der Waals surface area contributed by atoms with Crippen molar-refractivity contribution in [2.75, 3.05) is 14.2 Å². The van der Waals surface area contributed by atoms with Crippen molar-refractivity contribution in [3.63, 3.8) is 0 Å². The summed E-state index contributed by atoms with van der Waals surface area (Å²) in [4.78, 5) is 25.3. The average Bonchev–Trinajstić information content (AvgIpc) is 2.87. The van der Waals surface area contributed by atoms with E-state index in [1.807, 2.05) is 0 Å². The largest absolute Gasteiger partial charge is 0.496 e. The first-order valence-electron chi connectivity index (χ1n) is 6.72. The molecule has 114 valence electrons. The van der Waals surface area contributed by atoms with Crippen molar-refractivity contribution in [3.05, 3.63) is 29.6 Å². The highest BCUT2D eigenvalue weighted by molar-refractivity contribution is 5.88. The van der Waals surface area contributed by atoms with Crippen LogP contribution in [0.1, 0.15) is 31.4 Å². The van der Waals surface area contributed by atoms with Crippen LogP contribution in [0.15, 0.2) is 18.2 Å². The molecule has 0 saturated carbocycles. The van der Waals surface area contributed by atoms with Crippen molar-refractivity contribution in [2.45, 2.75) is 31.8 Å². The first-order chi connectivity index (χ1) is 9.99. The average molecular weight is 295 g/mol. The van der Waals surface area contributed by atoms with Gasteiger partial charge in [0, 0.05) is 12.0 Å². The third-order valence-corrected chi connectivity index (χ3v) is 3.79. The SMILES string of the molecule is COC(=O)C1CCC(=O)N1C(C)c1cc(F)ccc1OC. The predicted molar refractivity (Wildman–Crippen MR) is 73.3 cm³/mol. The maximum absolute atomic E-state index is 13.5. The van der Waals surface area contributed by atoms with Crippen LogP contribution >= 0.6 is 0 Å². The van der Waals surface area contributed by atoms with Gasteiger partial charge in [-0.25, -0.2) is 9.18 Å². The van der Waals surface area contributed by atoms with Gasteiger partial charge in [0.15, 0.2) is 0 Å². The van der Waals surface area contributed by atoms with Crippen molar-refractivity contribution < 1.29 is 23.5 Å². The second-order valence-electron chi connectivity index (χ2n) is 4.94. The second kappa shape index (κ2) is 6.11.